The molecule has 0 saturated carbocycles. The summed E-state index contributed by atoms with van der Waals surface area (Å²) in [7, 11) is -3.37. The van der Waals surface area contributed by atoms with Gasteiger partial charge in [0.25, 0.3) is 0 Å². The highest BCUT2D eigenvalue weighted by Crippen LogP contribution is 2.40. The van der Waals surface area contributed by atoms with E-state index in [0.29, 0.717) is 54.1 Å². The van der Waals surface area contributed by atoms with Crippen LogP contribution in [0.4, 0.5) is 5.69 Å². The molecule has 2 atom stereocenters. The van der Waals surface area contributed by atoms with Gasteiger partial charge in [0.1, 0.15) is 37.7 Å². The summed E-state index contributed by atoms with van der Waals surface area (Å²) in [5.74, 6) is -0.469. The van der Waals surface area contributed by atoms with E-state index in [9.17, 15) is 8.42 Å². The van der Waals surface area contributed by atoms with Crippen molar-refractivity contribution in [1.82, 2.24) is 19.1 Å². The third-order valence-electron chi connectivity index (χ3n) is 7.50. The van der Waals surface area contributed by atoms with Crippen LogP contribution in [0, 0.1) is 0 Å². The summed E-state index contributed by atoms with van der Waals surface area (Å²) >= 11 is 12.7. The molecule has 2 aliphatic heterocycles. The van der Waals surface area contributed by atoms with Crippen molar-refractivity contribution in [2.75, 3.05) is 44.3 Å². The van der Waals surface area contributed by atoms with Gasteiger partial charge in [0.15, 0.2) is 0 Å². The number of ether oxygens (including phenoxy) is 3. The first kappa shape index (κ1) is 32.2. The maximum Gasteiger partial charge on any atom is 0.218 e. The standard InChI is InChI=1S/C30H31Cl2N5O5S.H2O/c31-24-6-11-28(29(32)16-24)30(20-36-22-33-21-34-36)41-18-27(42-30)17-40-26-9-7-25(8-10-26)35-12-14-37(15-13-35)43(38,39)19-23-4-2-1-3-5-23;/h1-11,16,21-22,27H,12-15,17-20H2;1H2/t27-,30-;/m1./s1. The number of piperazine rings is 1. The zero-order chi connectivity index (χ0) is 29.9. The van der Waals surface area contributed by atoms with Gasteiger partial charge in [0, 0.05) is 42.5 Å². The van der Waals surface area contributed by atoms with Crippen molar-refractivity contribution in [2.45, 2.75) is 24.2 Å². The molecular weight excluding hydrogens is 629 g/mol. The SMILES string of the molecule is O.O=S(=O)(Cc1ccccc1)N1CCN(c2ccc(OC[C@@H]3CO[C@@](Cn4cncn4)(c4ccc(Cl)cc4Cl)O3)cc2)CC1. The van der Waals surface area contributed by atoms with E-state index in [4.69, 9.17) is 37.4 Å². The molecule has 6 rings (SSSR count). The second kappa shape index (κ2) is 13.8. The highest BCUT2D eigenvalue weighted by Gasteiger charge is 2.45. The molecule has 2 saturated heterocycles. The summed E-state index contributed by atoms with van der Waals surface area (Å²) in [6.07, 6.45) is 2.68. The predicted octanol–water partition coefficient (Wildman–Crippen LogP) is 3.76. The largest absolute Gasteiger partial charge is 0.491 e. The third-order valence-corrected chi connectivity index (χ3v) is 9.90. The van der Waals surface area contributed by atoms with Crippen LogP contribution in [0.15, 0.2) is 85.5 Å². The average molecular weight is 663 g/mol. The Labute approximate surface area is 266 Å². The van der Waals surface area contributed by atoms with Crippen LogP contribution < -0.4 is 9.64 Å². The first-order chi connectivity index (χ1) is 20.8. The smallest absolute Gasteiger partial charge is 0.218 e. The van der Waals surface area contributed by atoms with E-state index in [1.165, 1.54) is 6.33 Å². The minimum absolute atomic E-state index is 0. The molecule has 0 amide bonds. The quantitative estimate of drug-likeness (QED) is 0.251. The van der Waals surface area contributed by atoms with Crippen LogP contribution in [0.2, 0.25) is 10.0 Å². The fourth-order valence-electron chi connectivity index (χ4n) is 5.33. The van der Waals surface area contributed by atoms with Crippen LogP contribution in [-0.4, -0.2) is 78.5 Å². The van der Waals surface area contributed by atoms with Gasteiger partial charge in [-0.05, 0) is 42.0 Å². The number of anilines is 1. The Morgan fingerprint density at radius 3 is 2.41 bits per heavy atom. The number of benzene rings is 3. The van der Waals surface area contributed by atoms with E-state index in [-0.39, 0.29) is 30.5 Å². The van der Waals surface area contributed by atoms with Gasteiger partial charge in [-0.2, -0.15) is 9.40 Å². The molecule has 1 aromatic heterocycles. The second-order valence-corrected chi connectivity index (χ2v) is 13.3. The molecule has 3 aromatic carbocycles. The molecule has 0 radical (unpaired) electrons. The maximum absolute atomic E-state index is 12.9. The Morgan fingerprint density at radius 2 is 1.73 bits per heavy atom. The average Bonchev–Trinajstić information content (AvgIpc) is 3.67. The van der Waals surface area contributed by atoms with E-state index in [1.807, 2.05) is 54.6 Å². The number of aromatic nitrogens is 3. The Bertz CT molecular complexity index is 1620. The number of rotatable bonds is 10. The predicted molar refractivity (Wildman–Crippen MR) is 167 cm³/mol. The van der Waals surface area contributed by atoms with E-state index < -0.39 is 15.8 Å². The molecule has 0 unspecified atom stereocenters. The molecule has 14 heteroatoms. The molecule has 2 N–H and O–H groups in total. The minimum atomic E-state index is -3.37. The molecule has 2 fully saturated rings. The third kappa shape index (κ3) is 7.35. The molecule has 4 aromatic rings. The zero-order valence-corrected chi connectivity index (χ0v) is 26.1. The van der Waals surface area contributed by atoms with E-state index in [0.717, 1.165) is 11.3 Å². The van der Waals surface area contributed by atoms with Crippen LogP contribution in [0.5, 0.6) is 5.75 Å². The van der Waals surface area contributed by atoms with E-state index >= 15 is 0 Å². The lowest BCUT2D eigenvalue weighted by Crippen LogP contribution is -2.49. The topological polar surface area (TPSA) is 131 Å². The number of hydrogen-bond acceptors (Lipinski definition) is 8. The summed E-state index contributed by atoms with van der Waals surface area (Å²) in [5.41, 5.74) is 2.45. The van der Waals surface area contributed by atoms with Crippen LogP contribution >= 0.6 is 23.2 Å². The van der Waals surface area contributed by atoms with Gasteiger partial charge < -0.3 is 24.6 Å². The molecule has 44 heavy (non-hydrogen) atoms. The molecule has 0 spiro atoms. The summed E-state index contributed by atoms with van der Waals surface area (Å²) in [6.45, 7) is 2.93. The molecule has 2 aliphatic rings. The van der Waals surface area contributed by atoms with Crippen LogP contribution in [0.3, 0.4) is 0 Å². The van der Waals surface area contributed by atoms with Gasteiger partial charge in [-0.1, -0.05) is 59.6 Å². The Morgan fingerprint density at radius 1 is 0.977 bits per heavy atom. The van der Waals surface area contributed by atoms with Crippen LogP contribution in [0.1, 0.15) is 11.1 Å². The molecule has 0 bridgehead atoms. The van der Waals surface area contributed by atoms with Crippen molar-refractivity contribution in [3.05, 3.63) is 107 Å². The lowest BCUT2D eigenvalue weighted by Gasteiger charge is -2.35. The minimum Gasteiger partial charge on any atom is -0.491 e. The fraction of sp³-hybridized carbons (Fsp3) is 0.333. The Kier molecular flexibility index (Phi) is 10.1. The highest BCUT2D eigenvalue weighted by molar-refractivity contribution is 7.88. The molecule has 11 nitrogen and oxygen atoms in total. The van der Waals surface area contributed by atoms with E-state index in [1.54, 1.807) is 33.5 Å². The van der Waals surface area contributed by atoms with Crippen LogP contribution in [-0.2, 0) is 37.6 Å². The van der Waals surface area contributed by atoms with Crippen molar-refractivity contribution in [3.8, 4) is 5.75 Å². The van der Waals surface area contributed by atoms with E-state index in [2.05, 4.69) is 15.0 Å². The van der Waals surface area contributed by atoms with Crippen molar-refractivity contribution in [1.29, 1.82) is 0 Å². The summed E-state index contributed by atoms with van der Waals surface area (Å²) in [5, 5.41) is 5.15. The first-order valence-electron chi connectivity index (χ1n) is 13.9. The highest BCUT2D eigenvalue weighted by atomic mass is 35.5. The summed E-state index contributed by atoms with van der Waals surface area (Å²) in [6, 6.07) is 22.3. The van der Waals surface area contributed by atoms with Gasteiger partial charge in [-0.3, -0.25) is 0 Å². The van der Waals surface area contributed by atoms with Gasteiger partial charge in [0.2, 0.25) is 15.8 Å². The van der Waals surface area contributed by atoms with Gasteiger partial charge in [-0.25, -0.2) is 18.1 Å². The zero-order valence-electron chi connectivity index (χ0n) is 23.8. The van der Waals surface area contributed by atoms with Crippen molar-refractivity contribution >= 4 is 38.9 Å². The van der Waals surface area contributed by atoms with Crippen molar-refractivity contribution < 1.29 is 28.1 Å². The Hall–Kier alpha value is -3.23. The number of halogens is 2. The van der Waals surface area contributed by atoms with Gasteiger partial charge in [-0.15, -0.1) is 0 Å². The number of sulfonamides is 1. The number of hydrogen-bond donors (Lipinski definition) is 0. The molecular formula is C30H33Cl2N5O6S. The lowest BCUT2D eigenvalue weighted by molar-refractivity contribution is -0.190. The monoisotopic (exact) mass is 661 g/mol. The Balaban J connectivity index is 0.00000384. The normalized spacial score (nSPS) is 20.8. The van der Waals surface area contributed by atoms with Crippen LogP contribution in [0.25, 0.3) is 0 Å². The van der Waals surface area contributed by atoms with Crippen molar-refractivity contribution in [3.63, 3.8) is 0 Å². The molecule has 0 aliphatic carbocycles. The second-order valence-electron chi connectivity index (χ2n) is 10.5. The summed E-state index contributed by atoms with van der Waals surface area (Å²) in [4.78, 5) is 6.20. The number of nitrogens with zero attached hydrogens (tertiary/aromatic N) is 5. The fourth-order valence-corrected chi connectivity index (χ4v) is 7.39. The maximum atomic E-state index is 12.9. The lowest BCUT2D eigenvalue weighted by atomic mass is 10.1. The van der Waals surface area contributed by atoms with Crippen molar-refractivity contribution in [2.24, 2.45) is 0 Å². The van der Waals surface area contributed by atoms with Gasteiger partial charge >= 0.3 is 0 Å². The molecule has 3 heterocycles. The van der Waals surface area contributed by atoms with Gasteiger partial charge in [0.05, 0.1) is 17.4 Å². The first-order valence-corrected chi connectivity index (χ1v) is 16.3. The molecule has 234 valence electrons. The summed E-state index contributed by atoms with van der Waals surface area (Å²) < 4.78 is 47.7.